The summed E-state index contributed by atoms with van der Waals surface area (Å²) >= 11 is 1.39. The van der Waals surface area contributed by atoms with Gasteiger partial charge in [0, 0.05) is 0 Å². The van der Waals surface area contributed by atoms with E-state index in [1.165, 1.54) is 24.0 Å². The van der Waals surface area contributed by atoms with Gasteiger partial charge in [-0.25, -0.2) is 0 Å². The number of hydrogen-bond acceptors (Lipinski definition) is 4. The Bertz CT molecular complexity index is 1000. The maximum atomic E-state index is 12.4. The number of carbonyl (C=O) groups excluding carboxylic acids is 2. The van der Waals surface area contributed by atoms with Crippen molar-refractivity contribution < 1.29 is 14.3 Å². The van der Waals surface area contributed by atoms with Crippen LogP contribution in [0.25, 0.3) is 10.2 Å². The Morgan fingerprint density at radius 3 is 2.46 bits per heavy atom. The van der Waals surface area contributed by atoms with E-state index in [1.807, 2.05) is 48.5 Å². The SMILES string of the molecule is CCc1ccc(CC(=O)N=c2sc3ccccc3n2CC(=O)OC)cc1. The topological polar surface area (TPSA) is 60.7 Å². The van der Waals surface area contributed by atoms with Crippen molar-refractivity contribution in [1.29, 1.82) is 0 Å². The molecular weight excluding hydrogens is 348 g/mol. The number of ether oxygens (including phenoxy) is 1. The van der Waals surface area contributed by atoms with Crippen LogP contribution in [0.2, 0.25) is 0 Å². The van der Waals surface area contributed by atoms with E-state index >= 15 is 0 Å². The van der Waals surface area contributed by atoms with Crippen LogP contribution < -0.4 is 4.80 Å². The molecule has 0 fully saturated rings. The number of nitrogens with zero attached hydrogens (tertiary/aromatic N) is 2. The molecule has 0 aliphatic heterocycles. The summed E-state index contributed by atoms with van der Waals surface area (Å²) in [5.41, 5.74) is 3.02. The smallest absolute Gasteiger partial charge is 0.325 e. The van der Waals surface area contributed by atoms with Gasteiger partial charge in [-0.15, -0.1) is 0 Å². The molecule has 1 heterocycles. The number of hydrogen-bond donors (Lipinski definition) is 0. The number of carbonyl (C=O) groups is 2. The lowest BCUT2D eigenvalue weighted by atomic mass is 10.1. The highest BCUT2D eigenvalue weighted by Gasteiger charge is 2.11. The van der Waals surface area contributed by atoms with Gasteiger partial charge in [-0.2, -0.15) is 4.99 Å². The van der Waals surface area contributed by atoms with Gasteiger partial charge in [-0.3, -0.25) is 9.59 Å². The van der Waals surface area contributed by atoms with Gasteiger partial charge in [0.25, 0.3) is 5.91 Å². The molecule has 0 bridgehead atoms. The zero-order chi connectivity index (χ0) is 18.5. The second-order valence-electron chi connectivity index (χ2n) is 5.87. The fourth-order valence-electron chi connectivity index (χ4n) is 2.67. The van der Waals surface area contributed by atoms with Gasteiger partial charge < -0.3 is 9.30 Å². The molecule has 0 aliphatic carbocycles. The number of fused-ring (bicyclic) bond motifs is 1. The summed E-state index contributed by atoms with van der Waals surface area (Å²) in [7, 11) is 1.35. The number of benzene rings is 2. The van der Waals surface area contributed by atoms with Crippen LogP contribution in [0.5, 0.6) is 0 Å². The van der Waals surface area contributed by atoms with Crippen molar-refractivity contribution in [3.63, 3.8) is 0 Å². The van der Waals surface area contributed by atoms with E-state index in [0.717, 1.165) is 22.2 Å². The molecule has 26 heavy (non-hydrogen) atoms. The third-order valence-electron chi connectivity index (χ3n) is 4.11. The zero-order valence-electron chi connectivity index (χ0n) is 14.8. The molecule has 0 radical (unpaired) electrons. The minimum Gasteiger partial charge on any atom is -0.468 e. The average molecular weight is 368 g/mol. The van der Waals surface area contributed by atoms with Crippen molar-refractivity contribution in [1.82, 2.24) is 4.57 Å². The van der Waals surface area contributed by atoms with E-state index in [1.54, 1.807) is 4.57 Å². The summed E-state index contributed by atoms with van der Waals surface area (Å²) in [5.74, 6) is -0.614. The molecule has 2 aromatic carbocycles. The highest BCUT2D eigenvalue weighted by Crippen LogP contribution is 2.17. The Morgan fingerprint density at radius 1 is 1.08 bits per heavy atom. The molecule has 1 amide bonds. The van der Waals surface area contributed by atoms with E-state index in [2.05, 4.69) is 11.9 Å². The predicted molar refractivity (Wildman–Crippen MR) is 102 cm³/mol. The van der Waals surface area contributed by atoms with Crippen LogP contribution in [0.15, 0.2) is 53.5 Å². The van der Waals surface area contributed by atoms with Gasteiger partial charge in [0.1, 0.15) is 6.54 Å². The monoisotopic (exact) mass is 368 g/mol. The van der Waals surface area contributed by atoms with Gasteiger partial charge in [-0.1, -0.05) is 54.7 Å². The first-order valence-corrected chi connectivity index (χ1v) is 9.23. The molecular formula is C20H20N2O3S. The Kier molecular flexibility index (Phi) is 5.63. The van der Waals surface area contributed by atoms with Crippen molar-refractivity contribution >= 4 is 33.4 Å². The number of methoxy groups -OCH3 is 1. The second kappa shape index (κ2) is 8.10. The molecule has 1 aromatic heterocycles. The first kappa shape index (κ1) is 18.1. The van der Waals surface area contributed by atoms with Crippen LogP contribution in [0, 0.1) is 0 Å². The molecule has 134 valence electrons. The fraction of sp³-hybridized carbons (Fsp3) is 0.250. The molecule has 3 aromatic rings. The Morgan fingerprint density at radius 2 is 1.77 bits per heavy atom. The highest BCUT2D eigenvalue weighted by atomic mass is 32.1. The molecule has 0 N–H and O–H groups in total. The van der Waals surface area contributed by atoms with Crippen molar-refractivity contribution in [2.24, 2.45) is 4.99 Å². The first-order valence-electron chi connectivity index (χ1n) is 8.41. The van der Waals surface area contributed by atoms with Gasteiger partial charge in [0.05, 0.1) is 23.7 Å². The molecule has 0 spiro atoms. The third-order valence-corrected chi connectivity index (χ3v) is 5.17. The third kappa shape index (κ3) is 4.08. The van der Waals surface area contributed by atoms with Gasteiger partial charge in [0.2, 0.25) is 0 Å². The Labute approximate surface area is 155 Å². The Balaban J connectivity index is 1.93. The maximum absolute atomic E-state index is 12.4. The van der Waals surface area contributed by atoms with Gasteiger partial charge in [0.15, 0.2) is 4.80 Å². The predicted octanol–water partition coefficient (Wildman–Crippen LogP) is 3.11. The van der Waals surface area contributed by atoms with Crippen molar-refractivity contribution in [2.45, 2.75) is 26.3 Å². The minimum absolute atomic E-state index is 0.0256. The lowest BCUT2D eigenvalue weighted by Crippen LogP contribution is -2.22. The number of esters is 1. The molecule has 0 atom stereocenters. The number of aryl methyl sites for hydroxylation is 1. The number of rotatable bonds is 5. The van der Waals surface area contributed by atoms with Crippen LogP contribution in [-0.2, 0) is 33.7 Å². The largest absolute Gasteiger partial charge is 0.468 e. The lowest BCUT2D eigenvalue weighted by Gasteiger charge is -2.03. The van der Waals surface area contributed by atoms with E-state index in [0.29, 0.717) is 4.80 Å². The molecule has 0 saturated heterocycles. The fourth-order valence-corrected chi connectivity index (χ4v) is 3.71. The second-order valence-corrected chi connectivity index (χ2v) is 6.88. The van der Waals surface area contributed by atoms with E-state index < -0.39 is 0 Å². The number of thiazole rings is 1. The van der Waals surface area contributed by atoms with Crippen molar-refractivity contribution in [2.75, 3.05) is 7.11 Å². The average Bonchev–Trinajstić information content (AvgIpc) is 2.99. The summed E-state index contributed by atoms with van der Waals surface area (Å²) in [6, 6.07) is 15.6. The van der Waals surface area contributed by atoms with Gasteiger partial charge >= 0.3 is 5.97 Å². The molecule has 6 heteroatoms. The lowest BCUT2D eigenvalue weighted by molar-refractivity contribution is -0.141. The van der Waals surface area contributed by atoms with Crippen molar-refractivity contribution in [3.05, 3.63) is 64.5 Å². The summed E-state index contributed by atoms with van der Waals surface area (Å²) in [4.78, 5) is 28.9. The Hall–Kier alpha value is -2.73. The van der Waals surface area contributed by atoms with Crippen LogP contribution in [0.1, 0.15) is 18.1 Å². The van der Waals surface area contributed by atoms with E-state index in [-0.39, 0.29) is 24.8 Å². The van der Waals surface area contributed by atoms with Crippen LogP contribution in [0.3, 0.4) is 0 Å². The normalized spacial score (nSPS) is 11.7. The van der Waals surface area contributed by atoms with Crippen LogP contribution in [0.4, 0.5) is 0 Å². The van der Waals surface area contributed by atoms with Crippen LogP contribution >= 0.6 is 11.3 Å². The molecule has 0 aliphatic rings. The first-order chi connectivity index (χ1) is 12.6. The number of para-hydroxylation sites is 1. The molecule has 5 nitrogen and oxygen atoms in total. The van der Waals surface area contributed by atoms with Crippen molar-refractivity contribution in [3.8, 4) is 0 Å². The highest BCUT2D eigenvalue weighted by molar-refractivity contribution is 7.16. The maximum Gasteiger partial charge on any atom is 0.325 e. The van der Waals surface area contributed by atoms with E-state index in [4.69, 9.17) is 4.74 Å². The van der Waals surface area contributed by atoms with Gasteiger partial charge in [-0.05, 0) is 29.7 Å². The quantitative estimate of drug-likeness (QED) is 0.650. The summed E-state index contributed by atoms with van der Waals surface area (Å²) in [6.45, 7) is 2.12. The number of aromatic nitrogens is 1. The zero-order valence-corrected chi connectivity index (χ0v) is 15.6. The summed E-state index contributed by atoms with van der Waals surface area (Å²) in [6.07, 6.45) is 1.20. The number of amides is 1. The minimum atomic E-state index is -0.377. The molecule has 0 saturated carbocycles. The molecule has 3 rings (SSSR count). The standard InChI is InChI=1S/C20H20N2O3S/c1-3-14-8-10-15(11-9-14)12-18(23)21-20-22(13-19(24)25-2)16-6-4-5-7-17(16)26-20/h4-11H,3,12-13H2,1-2H3. The van der Waals surface area contributed by atoms with Crippen LogP contribution in [-0.4, -0.2) is 23.6 Å². The van der Waals surface area contributed by atoms with E-state index in [9.17, 15) is 9.59 Å². The summed E-state index contributed by atoms with van der Waals surface area (Å²) < 4.78 is 7.46. The summed E-state index contributed by atoms with van der Waals surface area (Å²) in [5, 5.41) is 0. The molecule has 0 unspecified atom stereocenters.